The van der Waals surface area contributed by atoms with Gasteiger partial charge in [-0.05, 0) is 18.2 Å². The number of amides is 1. The average Bonchev–Trinajstić information content (AvgIpc) is 2.97. The molecular formula is C18H15ClN4O4. The minimum atomic E-state index is -0.627. The Bertz CT molecular complexity index is 1050. The normalized spacial score (nSPS) is 11.0. The van der Waals surface area contributed by atoms with E-state index >= 15 is 0 Å². The first-order valence-electron chi connectivity index (χ1n) is 7.88. The van der Waals surface area contributed by atoms with E-state index in [1.165, 1.54) is 18.3 Å². The molecule has 1 amide bonds. The maximum absolute atomic E-state index is 11.9. The highest BCUT2D eigenvalue weighted by Crippen LogP contribution is 2.29. The third kappa shape index (κ3) is 4.24. The summed E-state index contributed by atoms with van der Waals surface area (Å²) < 4.78 is 7.16. The first kappa shape index (κ1) is 18.4. The molecule has 0 saturated heterocycles. The van der Waals surface area contributed by atoms with E-state index in [0.717, 1.165) is 22.5 Å². The Labute approximate surface area is 159 Å². The number of hydrogen-bond donors (Lipinski definition) is 1. The second-order valence-corrected chi connectivity index (χ2v) is 6.10. The molecule has 1 N–H and O–H groups in total. The van der Waals surface area contributed by atoms with Gasteiger partial charge in [0.2, 0.25) is 0 Å². The zero-order valence-electron chi connectivity index (χ0n) is 14.3. The van der Waals surface area contributed by atoms with Gasteiger partial charge in [-0.25, -0.2) is 5.43 Å². The van der Waals surface area contributed by atoms with E-state index in [1.54, 1.807) is 0 Å². The van der Waals surface area contributed by atoms with E-state index < -0.39 is 17.4 Å². The van der Waals surface area contributed by atoms with Crippen molar-refractivity contribution < 1.29 is 14.5 Å². The lowest BCUT2D eigenvalue weighted by molar-refractivity contribution is -0.385. The van der Waals surface area contributed by atoms with Gasteiger partial charge in [-0.1, -0.05) is 29.8 Å². The molecule has 0 unspecified atom stereocenters. The summed E-state index contributed by atoms with van der Waals surface area (Å²) in [7, 11) is 1.92. The maximum Gasteiger partial charge on any atom is 0.312 e. The molecule has 0 aliphatic rings. The molecule has 0 bridgehead atoms. The smallest absolute Gasteiger partial charge is 0.312 e. The van der Waals surface area contributed by atoms with Gasteiger partial charge in [0.1, 0.15) is 0 Å². The number of nitro groups is 1. The van der Waals surface area contributed by atoms with Crippen molar-refractivity contribution in [2.75, 3.05) is 6.61 Å². The molecule has 0 atom stereocenters. The van der Waals surface area contributed by atoms with Gasteiger partial charge >= 0.3 is 5.69 Å². The number of aryl methyl sites for hydroxylation is 1. The zero-order valence-corrected chi connectivity index (χ0v) is 15.0. The van der Waals surface area contributed by atoms with Crippen molar-refractivity contribution in [1.29, 1.82) is 0 Å². The molecule has 0 spiro atoms. The second-order valence-electron chi connectivity index (χ2n) is 5.66. The number of hydrogen-bond acceptors (Lipinski definition) is 5. The number of nitro benzene ring substituents is 1. The topological polar surface area (TPSA) is 98.8 Å². The van der Waals surface area contributed by atoms with E-state index in [0.29, 0.717) is 0 Å². The molecule has 9 heteroatoms. The van der Waals surface area contributed by atoms with E-state index in [1.807, 2.05) is 42.1 Å². The van der Waals surface area contributed by atoms with Crippen LogP contribution in [-0.4, -0.2) is 28.2 Å². The van der Waals surface area contributed by atoms with Crippen LogP contribution in [0.2, 0.25) is 5.02 Å². The van der Waals surface area contributed by atoms with Crippen LogP contribution in [0.15, 0.2) is 53.8 Å². The molecule has 0 saturated carbocycles. The van der Waals surface area contributed by atoms with Crippen LogP contribution in [0.1, 0.15) is 5.56 Å². The average molecular weight is 387 g/mol. The van der Waals surface area contributed by atoms with Crippen LogP contribution in [0.5, 0.6) is 5.75 Å². The largest absolute Gasteiger partial charge is 0.477 e. The lowest BCUT2D eigenvalue weighted by Gasteiger charge is -2.05. The Morgan fingerprint density at radius 2 is 2.15 bits per heavy atom. The zero-order chi connectivity index (χ0) is 19.4. The number of rotatable bonds is 6. The van der Waals surface area contributed by atoms with Crippen LogP contribution >= 0.6 is 11.6 Å². The van der Waals surface area contributed by atoms with E-state index in [-0.39, 0.29) is 16.5 Å². The van der Waals surface area contributed by atoms with Crippen LogP contribution in [0.3, 0.4) is 0 Å². The van der Waals surface area contributed by atoms with Crippen LogP contribution in [0, 0.1) is 10.1 Å². The summed E-state index contributed by atoms with van der Waals surface area (Å²) in [4.78, 5) is 22.2. The molecule has 138 valence electrons. The molecule has 0 aliphatic carbocycles. The predicted molar refractivity (Wildman–Crippen MR) is 102 cm³/mol. The third-order valence-electron chi connectivity index (χ3n) is 3.80. The minimum Gasteiger partial charge on any atom is -0.477 e. The van der Waals surface area contributed by atoms with Gasteiger partial charge in [0.25, 0.3) is 5.91 Å². The number of aromatic nitrogens is 1. The summed E-state index contributed by atoms with van der Waals surface area (Å²) in [5.74, 6) is -0.590. The van der Waals surface area contributed by atoms with E-state index in [4.69, 9.17) is 16.3 Å². The number of halogens is 1. The molecule has 3 rings (SSSR count). The fraction of sp³-hybridized carbons (Fsp3) is 0.111. The molecular weight excluding hydrogens is 372 g/mol. The minimum absolute atomic E-state index is 0.0439. The van der Waals surface area contributed by atoms with Crippen LogP contribution in [0.25, 0.3) is 10.9 Å². The van der Waals surface area contributed by atoms with Gasteiger partial charge < -0.3 is 9.30 Å². The highest BCUT2D eigenvalue weighted by atomic mass is 35.5. The predicted octanol–water partition coefficient (Wildman–Crippen LogP) is 3.27. The number of carbonyl (C=O) groups excluding carboxylic acids is 1. The Kier molecular flexibility index (Phi) is 5.37. The fourth-order valence-corrected chi connectivity index (χ4v) is 2.75. The summed E-state index contributed by atoms with van der Waals surface area (Å²) in [6.07, 6.45) is 3.43. The highest BCUT2D eigenvalue weighted by Gasteiger charge is 2.16. The number of benzene rings is 2. The maximum atomic E-state index is 11.9. The first-order valence-corrected chi connectivity index (χ1v) is 8.26. The lowest BCUT2D eigenvalue weighted by Crippen LogP contribution is -2.24. The summed E-state index contributed by atoms with van der Waals surface area (Å²) in [6.45, 7) is -0.421. The van der Waals surface area contributed by atoms with E-state index in [2.05, 4.69) is 10.5 Å². The number of ether oxygens (including phenoxy) is 1. The van der Waals surface area contributed by atoms with Crippen molar-refractivity contribution in [2.24, 2.45) is 12.1 Å². The van der Waals surface area contributed by atoms with E-state index in [9.17, 15) is 14.9 Å². The van der Waals surface area contributed by atoms with Gasteiger partial charge in [-0.15, -0.1) is 0 Å². The molecule has 0 radical (unpaired) electrons. The standard InChI is InChI=1S/C18H15ClN4O4/c1-22-10-12(14-4-2-3-5-15(14)22)9-20-21-18(24)11-27-17-7-6-13(19)8-16(17)23(25)26/h2-10H,11H2,1H3,(H,21,24). The summed E-state index contributed by atoms with van der Waals surface area (Å²) >= 11 is 5.73. The van der Waals surface area contributed by atoms with Crippen LogP contribution in [0.4, 0.5) is 5.69 Å². The molecule has 1 aromatic heterocycles. The highest BCUT2D eigenvalue weighted by molar-refractivity contribution is 6.30. The summed E-state index contributed by atoms with van der Waals surface area (Å²) in [5.41, 5.74) is 3.92. The van der Waals surface area contributed by atoms with Crippen molar-refractivity contribution in [2.45, 2.75) is 0 Å². The van der Waals surface area contributed by atoms with Crippen molar-refractivity contribution in [3.05, 3.63) is 69.4 Å². The SMILES string of the molecule is Cn1cc(C=NNC(=O)COc2ccc(Cl)cc2[N+](=O)[O-])c2ccccc21. The van der Waals surface area contributed by atoms with Gasteiger partial charge in [0, 0.05) is 40.8 Å². The Balaban J connectivity index is 1.62. The van der Waals surface area contributed by atoms with Crippen LogP contribution in [-0.2, 0) is 11.8 Å². The number of carbonyl (C=O) groups is 1. The molecule has 3 aromatic rings. The number of fused-ring (bicyclic) bond motifs is 1. The van der Waals surface area contributed by atoms with Crippen molar-refractivity contribution >= 4 is 40.3 Å². The van der Waals surface area contributed by atoms with Gasteiger partial charge in [-0.2, -0.15) is 5.10 Å². The molecule has 27 heavy (non-hydrogen) atoms. The summed E-state index contributed by atoms with van der Waals surface area (Å²) in [6, 6.07) is 11.8. The van der Waals surface area contributed by atoms with Gasteiger partial charge in [-0.3, -0.25) is 14.9 Å². The summed E-state index contributed by atoms with van der Waals surface area (Å²) in [5, 5.41) is 16.1. The van der Waals surface area contributed by atoms with Gasteiger partial charge in [0.05, 0.1) is 11.1 Å². The molecule has 8 nitrogen and oxygen atoms in total. The van der Waals surface area contributed by atoms with Crippen molar-refractivity contribution in [3.63, 3.8) is 0 Å². The monoisotopic (exact) mass is 386 g/mol. The Hall–Kier alpha value is -3.39. The van der Waals surface area contributed by atoms with Gasteiger partial charge in [0.15, 0.2) is 12.4 Å². The molecule has 0 fully saturated rings. The Morgan fingerprint density at radius 1 is 1.37 bits per heavy atom. The van der Waals surface area contributed by atoms with Crippen LogP contribution < -0.4 is 10.2 Å². The molecule has 2 aromatic carbocycles. The quantitative estimate of drug-likeness (QED) is 0.399. The second kappa shape index (κ2) is 7.88. The number of para-hydroxylation sites is 1. The third-order valence-corrected chi connectivity index (χ3v) is 4.03. The number of hydrazone groups is 1. The first-order chi connectivity index (χ1) is 13.0. The lowest BCUT2D eigenvalue weighted by atomic mass is 10.2. The van der Waals surface area contributed by atoms with Crippen molar-refractivity contribution in [3.8, 4) is 5.75 Å². The Morgan fingerprint density at radius 3 is 2.93 bits per heavy atom. The number of nitrogens with one attached hydrogen (secondary N) is 1. The molecule has 1 heterocycles. The molecule has 0 aliphatic heterocycles. The number of nitrogens with zero attached hydrogens (tertiary/aromatic N) is 3. The van der Waals surface area contributed by atoms with Crippen molar-refractivity contribution in [1.82, 2.24) is 9.99 Å². The fourth-order valence-electron chi connectivity index (χ4n) is 2.58.